The number of ketones is 2. The lowest BCUT2D eigenvalue weighted by atomic mass is 9.45. The highest BCUT2D eigenvalue weighted by atomic mass is 35.5. The first-order chi connectivity index (χ1) is 17.9. The number of esters is 1. The van der Waals surface area contributed by atoms with Gasteiger partial charge in [-0.3, -0.25) is 14.4 Å². The van der Waals surface area contributed by atoms with E-state index in [1.807, 2.05) is 26.8 Å². The van der Waals surface area contributed by atoms with Crippen LogP contribution >= 0.6 is 11.6 Å². The Hall–Kier alpha value is -2.19. The van der Waals surface area contributed by atoms with E-state index in [4.69, 9.17) is 25.8 Å². The average Bonchev–Trinajstić information content (AvgIpc) is 3.15. The lowest BCUT2D eigenvalue weighted by Crippen LogP contribution is -2.69. The molecule has 8 nitrogen and oxygen atoms in total. The molecule has 1 N–H and O–H groups in total. The van der Waals surface area contributed by atoms with Gasteiger partial charge in [-0.15, -0.1) is 11.6 Å². The Morgan fingerprint density at radius 2 is 1.87 bits per heavy atom. The standard InChI is InChI=1S/C29H39ClO8/c1-5-7-8-24(34)37-17-23(33)28(38-25(35)36-6-2)14-12-20-21-10-9-18-15-19(31)11-13-26(18,3)29(21,30)22(32)16-27(20,28)4/h11,13,15,20-22,32H,5-10,12,14,16-17H2,1-4H3/t20-,21-,22?,26-,27-,28-,29-/m0/s1. The molecule has 0 aliphatic heterocycles. The van der Waals surface area contributed by atoms with E-state index in [-0.39, 0.29) is 43.5 Å². The average molecular weight is 551 g/mol. The van der Waals surface area contributed by atoms with Crippen molar-refractivity contribution >= 4 is 35.3 Å². The molecular weight excluding hydrogens is 512 g/mol. The van der Waals surface area contributed by atoms with Crippen molar-refractivity contribution in [3.63, 3.8) is 0 Å². The number of rotatable bonds is 8. The molecule has 210 valence electrons. The Balaban J connectivity index is 1.70. The summed E-state index contributed by atoms with van der Waals surface area (Å²) < 4.78 is 16.2. The lowest BCUT2D eigenvalue weighted by molar-refractivity contribution is -0.182. The zero-order valence-electron chi connectivity index (χ0n) is 22.7. The van der Waals surface area contributed by atoms with Gasteiger partial charge in [0.15, 0.2) is 18.0 Å². The second-order valence-corrected chi connectivity index (χ2v) is 12.2. The normalized spacial score (nSPS) is 39.4. The fourth-order valence-corrected chi connectivity index (χ4v) is 8.35. The molecule has 3 saturated carbocycles. The van der Waals surface area contributed by atoms with E-state index in [0.29, 0.717) is 25.7 Å². The van der Waals surface area contributed by atoms with Crippen LogP contribution in [0.1, 0.15) is 79.1 Å². The van der Waals surface area contributed by atoms with E-state index in [1.165, 1.54) is 6.08 Å². The van der Waals surface area contributed by atoms with Crippen LogP contribution in [0, 0.1) is 22.7 Å². The predicted octanol–water partition coefficient (Wildman–Crippen LogP) is 4.84. The quantitative estimate of drug-likeness (QED) is 0.337. The number of carbonyl (C=O) groups excluding carboxylic acids is 4. The third kappa shape index (κ3) is 4.23. The Bertz CT molecular complexity index is 1070. The molecule has 0 aromatic heterocycles. The maximum absolute atomic E-state index is 13.8. The summed E-state index contributed by atoms with van der Waals surface area (Å²) in [6.45, 7) is 6.99. The monoisotopic (exact) mass is 550 g/mol. The molecule has 7 atom stereocenters. The molecule has 0 aromatic carbocycles. The van der Waals surface area contributed by atoms with Gasteiger partial charge in [0.25, 0.3) is 0 Å². The predicted molar refractivity (Wildman–Crippen MR) is 139 cm³/mol. The molecule has 4 aliphatic carbocycles. The third-order valence-corrected chi connectivity index (χ3v) is 10.8. The number of aliphatic hydroxyl groups is 1. The van der Waals surface area contributed by atoms with Gasteiger partial charge in [-0.25, -0.2) is 4.79 Å². The van der Waals surface area contributed by atoms with Gasteiger partial charge < -0.3 is 19.3 Å². The van der Waals surface area contributed by atoms with Crippen molar-refractivity contribution < 1.29 is 38.5 Å². The van der Waals surface area contributed by atoms with Crippen LogP contribution in [0.3, 0.4) is 0 Å². The van der Waals surface area contributed by atoms with Gasteiger partial charge in [0, 0.05) is 17.3 Å². The summed E-state index contributed by atoms with van der Waals surface area (Å²) in [5.41, 5.74) is -2.44. The first kappa shape index (κ1) is 28.8. The summed E-state index contributed by atoms with van der Waals surface area (Å²) in [5.74, 6) is -1.46. The number of ether oxygens (including phenoxy) is 3. The van der Waals surface area contributed by atoms with Crippen molar-refractivity contribution in [2.75, 3.05) is 13.2 Å². The summed E-state index contributed by atoms with van der Waals surface area (Å²) in [5, 5.41) is 11.8. The number of carbonyl (C=O) groups is 4. The van der Waals surface area contributed by atoms with Gasteiger partial charge in [-0.1, -0.05) is 38.8 Å². The Labute approximate surface area is 229 Å². The summed E-state index contributed by atoms with van der Waals surface area (Å²) in [7, 11) is 0. The Morgan fingerprint density at radius 3 is 2.55 bits per heavy atom. The molecule has 1 unspecified atom stereocenters. The van der Waals surface area contributed by atoms with Crippen LogP contribution < -0.4 is 0 Å². The van der Waals surface area contributed by atoms with Gasteiger partial charge in [0.1, 0.15) is 0 Å². The van der Waals surface area contributed by atoms with Crippen LogP contribution in [0.2, 0.25) is 0 Å². The second kappa shape index (κ2) is 10.4. The summed E-state index contributed by atoms with van der Waals surface area (Å²) in [6.07, 6.45) is 6.69. The zero-order valence-corrected chi connectivity index (χ0v) is 23.5. The van der Waals surface area contributed by atoms with Crippen molar-refractivity contribution in [2.24, 2.45) is 22.7 Å². The summed E-state index contributed by atoms with van der Waals surface area (Å²) >= 11 is 7.46. The van der Waals surface area contributed by atoms with Crippen molar-refractivity contribution in [2.45, 2.75) is 95.6 Å². The number of Topliss-reactive ketones (excluding diaryl/α,β-unsaturated/α-hetero) is 1. The number of hydrogen-bond acceptors (Lipinski definition) is 8. The maximum atomic E-state index is 13.8. The molecule has 4 rings (SSSR count). The minimum Gasteiger partial charge on any atom is -0.457 e. The van der Waals surface area contributed by atoms with Crippen LogP contribution in [0.4, 0.5) is 4.79 Å². The van der Waals surface area contributed by atoms with Gasteiger partial charge in [0.05, 0.1) is 17.6 Å². The van der Waals surface area contributed by atoms with Crippen molar-refractivity contribution in [3.8, 4) is 0 Å². The van der Waals surface area contributed by atoms with Gasteiger partial charge in [0.2, 0.25) is 5.78 Å². The van der Waals surface area contributed by atoms with Crippen molar-refractivity contribution in [1.82, 2.24) is 0 Å². The van der Waals surface area contributed by atoms with Crippen LogP contribution in [-0.2, 0) is 28.6 Å². The van der Waals surface area contributed by atoms with Crippen molar-refractivity contribution in [3.05, 3.63) is 23.8 Å². The third-order valence-electron chi connectivity index (χ3n) is 9.83. The molecule has 0 amide bonds. The fourth-order valence-electron chi connectivity index (χ4n) is 7.83. The van der Waals surface area contributed by atoms with E-state index in [2.05, 4.69) is 0 Å². The highest BCUT2D eigenvalue weighted by Crippen LogP contribution is 2.71. The van der Waals surface area contributed by atoms with Gasteiger partial charge >= 0.3 is 12.1 Å². The SMILES string of the molecule is CCCCC(=O)OCC(=O)[C@@]1(OC(=O)OCC)CC[C@H]2[C@@H]3CCC4=CC(=O)C=C[C@]4(C)[C@@]3(Cl)C(O)C[C@@]21C. The smallest absolute Gasteiger partial charge is 0.457 e. The molecule has 38 heavy (non-hydrogen) atoms. The molecule has 9 heteroatoms. The van der Waals surface area contributed by atoms with Gasteiger partial charge in [-0.2, -0.15) is 0 Å². The minimum absolute atomic E-state index is 0.0732. The summed E-state index contributed by atoms with van der Waals surface area (Å²) in [4.78, 5) is 49.7. The number of aliphatic hydroxyl groups excluding tert-OH is 1. The minimum atomic E-state index is -1.64. The fraction of sp³-hybridized carbons (Fsp3) is 0.724. The number of fused-ring (bicyclic) bond motifs is 5. The molecule has 4 aliphatic rings. The Kier molecular flexibility index (Phi) is 7.90. The van der Waals surface area contributed by atoms with E-state index < -0.39 is 51.9 Å². The highest BCUT2D eigenvalue weighted by molar-refractivity contribution is 6.26. The van der Waals surface area contributed by atoms with E-state index in [0.717, 1.165) is 12.0 Å². The molecule has 3 fully saturated rings. The maximum Gasteiger partial charge on any atom is 0.509 e. The Morgan fingerprint density at radius 1 is 1.13 bits per heavy atom. The van der Waals surface area contributed by atoms with E-state index in [1.54, 1.807) is 13.0 Å². The topological polar surface area (TPSA) is 116 Å². The number of halogens is 1. The number of alkyl halides is 1. The first-order valence-electron chi connectivity index (χ1n) is 13.8. The number of hydrogen-bond donors (Lipinski definition) is 1. The van der Waals surface area contributed by atoms with Crippen LogP contribution in [-0.4, -0.2) is 58.6 Å². The largest absolute Gasteiger partial charge is 0.509 e. The van der Waals surface area contributed by atoms with Crippen LogP contribution in [0.15, 0.2) is 23.8 Å². The summed E-state index contributed by atoms with van der Waals surface area (Å²) in [6, 6.07) is 0. The molecular formula is C29H39ClO8. The molecule has 0 aromatic rings. The number of unbranched alkanes of at least 4 members (excludes halogenated alkanes) is 1. The second-order valence-electron chi connectivity index (χ2n) is 11.6. The highest BCUT2D eigenvalue weighted by Gasteiger charge is 2.74. The lowest BCUT2D eigenvalue weighted by Gasteiger charge is -2.63. The van der Waals surface area contributed by atoms with Crippen LogP contribution in [0.5, 0.6) is 0 Å². The first-order valence-corrected chi connectivity index (χ1v) is 14.1. The van der Waals surface area contributed by atoms with Crippen LogP contribution in [0.25, 0.3) is 0 Å². The van der Waals surface area contributed by atoms with Gasteiger partial charge in [-0.05, 0) is 69.4 Å². The molecule has 0 saturated heterocycles. The number of allylic oxidation sites excluding steroid dienone is 4. The zero-order chi connectivity index (χ0) is 27.9. The molecule has 0 bridgehead atoms. The van der Waals surface area contributed by atoms with E-state index in [9.17, 15) is 24.3 Å². The van der Waals surface area contributed by atoms with Crippen molar-refractivity contribution in [1.29, 1.82) is 0 Å². The van der Waals surface area contributed by atoms with E-state index >= 15 is 0 Å². The molecule has 0 spiro atoms. The molecule has 0 radical (unpaired) electrons. The molecule has 0 heterocycles.